The predicted molar refractivity (Wildman–Crippen MR) is 112 cm³/mol. The van der Waals surface area contributed by atoms with E-state index in [-0.39, 0.29) is 0 Å². The Morgan fingerprint density at radius 3 is 0.917 bits per heavy atom. The molecular formula is C14H4O2S8. The molecular weight excluding hydrogens is 457 g/mol. The summed E-state index contributed by atoms with van der Waals surface area (Å²) >= 11 is 15.0. The van der Waals surface area contributed by atoms with Gasteiger partial charge in [-0.25, -0.2) is 0 Å². The summed E-state index contributed by atoms with van der Waals surface area (Å²) in [6, 6.07) is 0. The number of hydrogen-bond donors (Lipinski definition) is 0. The molecule has 6 rings (SSSR count). The Morgan fingerprint density at radius 1 is 0.375 bits per heavy atom. The van der Waals surface area contributed by atoms with Crippen molar-refractivity contribution in [3.05, 3.63) is 50.5 Å². The predicted octanol–water partition coefficient (Wildman–Crippen LogP) is 8.31. The summed E-state index contributed by atoms with van der Waals surface area (Å²) in [5.74, 6) is 0. The van der Waals surface area contributed by atoms with Gasteiger partial charge in [-0.15, -0.1) is 0 Å². The SMILES string of the molecule is c1occ2c1SC1=C(SC(=C3SC4=C(S3)Sc3cocc3S4)S1)S2. The number of rotatable bonds is 0. The minimum absolute atomic E-state index is 1.24. The van der Waals surface area contributed by atoms with Crippen LogP contribution in [0.25, 0.3) is 0 Å². The average molecular weight is 461 g/mol. The van der Waals surface area contributed by atoms with Crippen molar-refractivity contribution in [1.82, 2.24) is 0 Å². The van der Waals surface area contributed by atoms with Crippen LogP contribution in [0, 0.1) is 0 Å². The standard InChI is InChI=1S/C14H4O2S8/c1-5-6(2-15-1)18-10-9(17-5)21-13(22-10)14-23-11-12(24-14)20-8-4-16-3-7(8)19-11/h1-4H. The lowest BCUT2D eigenvalue weighted by atomic mass is 10.7. The average Bonchev–Trinajstić information content (AvgIpc) is 3.33. The molecule has 0 aliphatic carbocycles. The zero-order valence-corrected chi connectivity index (χ0v) is 17.9. The lowest BCUT2D eigenvalue weighted by Gasteiger charge is -2.09. The van der Waals surface area contributed by atoms with Crippen LogP contribution in [0.4, 0.5) is 0 Å². The smallest absolute Gasteiger partial charge is 0.105 e. The number of thioether (sulfide) groups is 8. The van der Waals surface area contributed by atoms with Gasteiger partial charge in [0, 0.05) is 0 Å². The van der Waals surface area contributed by atoms with E-state index < -0.39 is 0 Å². The van der Waals surface area contributed by atoms with Crippen LogP contribution in [-0.4, -0.2) is 0 Å². The fraction of sp³-hybridized carbons (Fsp3) is 0. The van der Waals surface area contributed by atoms with Crippen LogP contribution in [0.1, 0.15) is 0 Å². The maximum absolute atomic E-state index is 5.32. The zero-order chi connectivity index (χ0) is 15.7. The highest BCUT2D eigenvalue weighted by atomic mass is 32.3. The highest BCUT2D eigenvalue weighted by Crippen LogP contribution is 2.70. The van der Waals surface area contributed by atoms with E-state index in [9.17, 15) is 0 Å². The zero-order valence-electron chi connectivity index (χ0n) is 11.4. The molecule has 10 heteroatoms. The summed E-state index contributed by atoms with van der Waals surface area (Å²) in [5.41, 5.74) is 0. The first-order valence-corrected chi connectivity index (χ1v) is 13.1. The molecule has 0 bridgehead atoms. The van der Waals surface area contributed by atoms with Crippen molar-refractivity contribution >= 4 is 94.1 Å². The summed E-state index contributed by atoms with van der Waals surface area (Å²) < 4.78 is 19.0. The lowest BCUT2D eigenvalue weighted by Crippen LogP contribution is -1.79. The fourth-order valence-corrected chi connectivity index (χ4v) is 13.9. The van der Waals surface area contributed by atoms with Crippen molar-refractivity contribution < 1.29 is 8.83 Å². The lowest BCUT2D eigenvalue weighted by molar-refractivity contribution is 0.558. The molecule has 0 radical (unpaired) electrons. The first-order chi connectivity index (χ1) is 11.8. The van der Waals surface area contributed by atoms with Gasteiger partial charge in [-0.05, 0) is 0 Å². The third-order valence-electron chi connectivity index (χ3n) is 3.24. The maximum atomic E-state index is 5.32. The van der Waals surface area contributed by atoms with E-state index in [1.165, 1.54) is 45.0 Å². The molecule has 0 saturated heterocycles. The van der Waals surface area contributed by atoms with Gasteiger partial charge in [0.05, 0.1) is 45.0 Å². The molecule has 6 heterocycles. The van der Waals surface area contributed by atoms with Gasteiger partial charge in [-0.2, -0.15) is 0 Å². The number of fused-ring (bicyclic) bond motifs is 2. The molecule has 4 aliphatic heterocycles. The fourth-order valence-electron chi connectivity index (χ4n) is 2.21. The second kappa shape index (κ2) is 6.05. The third kappa shape index (κ3) is 2.52. The van der Waals surface area contributed by atoms with Crippen LogP contribution in [0.15, 0.2) is 78.9 Å². The van der Waals surface area contributed by atoms with Crippen LogP contribution in [0.2, 0.25) is 0 Å². The molecule has 0 unspecified atom stereocenters. The minimum atomic E-state index is 1.24. The first kappa shape index (κ1) is 15.6. The molecule has 2 aromatic heterocycles. The Bertz CT molecular complexity index is 831. The first-order valence-electron chi connectivity index (χ1n) is 6.61. The maximum Gasteiger partial charge on any atom is 0.105 e. The monoisotopic (exact) mass is 460 g/mol. The van der Waals surface area contributed by atoms with E-state index in [1.807, 2.05) is 119 Å². The number of hydrogen-bond acceptors (Lipinski definition) is 10. The van der Waals surface area contributed by atoms with Gasteiger partial charge in [-0.1, -0.05) is 94.1 Å². The van der Waals surface area contributed by atoms with Crippen LogP contribution < -0.4 is 0 Å². The van der Waals surface area contributed by atoms with Crippen molar-refractivity contribution in [1.29, 1.82) is 0 Å². The van der Waals surface area contributed by atoms with Gasteiger partial charge in [0.1, 0.15) is 25.1 Å². The van der Waals surface area contributed by atoms with Crippen LogP contribution in [0.3, 0.4) is 0 Å². The van der Waals surface area contributed by atoms with Gasteiger partial charge in [0.25, 0.3) is 0 Å². The Hall–Kier alpha value is 0.580. The van der Waals surface area contributed by atoms with E-state index in [2.05, 4.69) is 0 Å². The van der Waals surface area contributed by atoms with Crippen LogP contribution >= 0.6 is 94.1 Å². The summed E-state index contributed by atoms with van der Waals surface area (Å²) in [6.07, 6.45) is 7.40. The Kier molecular flexibility index (Phi) is 3.94. The van der Waals surface area contributed by atoms with Gasteiger partial charge < -0.3 is 8.83 Å². The molecule has 0 amide bonds. The van der Waals surface area contributed by atoms with Crippen molar-refractivity contribution in [3.8, 4) is 0 Å². The summed E-state index contributed by atoms with van der Waals surface area (Å²) in [4.78, 5) is 4.94. The molecule has 0 aromatic carbocycles. The normalized spacial score (nSPS) is 22.0. The second-order valence-electron chi connectivity index (χ2n) is 4.74. The Morgan fingerprint density at radius 2 is 0.625 bits per heavy atom. The Balaban J connectivity index is 1.25. The van der Waals surface area contributed by atoms with Crippen molar-refractivity contribution in [2.45, 2.75) is 19.6 Å². The minimum Gasteiger partial charge on any atom is -0.470 e. The van der Waals surface area contributed by atoms with Crippen LogP contribution in [0.5, 0.6) is 0 Å². The Labute approximate surface area is 171 Å². The molecule has 4 aliphatic rings. The van der Waals surface area contributed by atoms with Crippen LogP contribution in [-0.2, 0) is 0 Å². The van der Waals surface area contributed by atoms with Gasteiger partial charge in [0.2, 0.25) is 0 Å². The van der Waals surface area contributed by atoms with Crippen molar-refractivity contribution in [3.63, 3.8) is 0 Å². The molecule has 2 aromatic rings. The number of furan rings is 2. The summed E-state index contributed by atoms with van der Waals surface area (Å²) in [5, 5.41) is 0. The second-order valence-corrected chi connectivity index (χ2v) is 14.6. The highest BCUT2D eigenvalue weighted by Gasteiger charge is 2.35. The topological polar surface area (TPSA) is 26.3 Å². The highest BCUT2D eigenvalue weighted by molar-refractivity contribution is 8.45. The molecule has 0 fully saturated rings. The van der Waals surface area contributed by atoms with Gasteiger partial charge in [-0.3, -0.25) is 0 Å². The van der Waals surface area contributed by atoms with E-state index in [1.54, 1.807) is 0 Å². The van der Waals surface area contributed by atoms with E-state index >= 15 is 0 Å². The molecule has 0 N–H and O–H groups in total. The molecule has 0 atom stereocenters. The molecule has 0 saturated carbocycles. The van der Waals surface area contributed by atoms with E-state index in [0.717, 1.165) is 0 Å². The molecule has 120 valence electrons. The molecule has 24 heavy (non-hydrogen) atoms. The van der Waals surface area contributed by atoms with Gasteiger partial charge in [0.15, 0.2) is 0 Å². The van der Waals surface area contributed by atoms with Crippen molar-refractivity contribution in [2.75, 3.05) is 0 Å². The largest absolute Gasteiger partial charge is 0.470 e. The van der Waals surface area contributed by atoms with Crippen molar-refractivity contribution in [2.24, 2.45) is 0 Å². The van der Waals surface area contributed by atoms with E-state index in [0.29, 0.717) is 0 Å². The van der Waals surface area contributed by atoms with Gasteiger partial charge >= 0.3 is 0 Å². The quantitative estimate of drug-likeness (QED) is 0.382. The summed E-state index contributed by atoms with van der Waals surface area (Å²) in [6.45, 7) is 0. The summed E-state index contributed by atoms with van der Waals surface area (Å²) in [7, 11) is 0. The molecule has 2 nitrogen and oxygen atoms in total. The van der Waals surface area contributed by atoms with E-state index in [4.69, 9.17) is 8.83 Å². The molecule has 0 spiro atoms. The third-order valence-corrected chi connectivity index (χ3v) is 14.9.